The molecule has 0 spiro atoms. The largest absolute Gasteiger partial charge is 0.253 e. The molecule has 0 N–H and O–H groups in total. The van der Waals surface area contributed by atoms with Crippen LogP contribution in [-0.4, -0.2) is 5.71 Å². The highest BCUT2D eigenvalue weighted by molar-refractivity contribution is 6.04. The number of allylic oxidation sites excluding steroid dienone is 1. The van der Waals surface area contributed by atoms with E-state index in [0.717, 1.165) is 23.4 Å². The van der Waals surface area contributed by atoms with Gasteiger partial charge in [-0.3, -0.25) is 4.99 Å². The van der Waals surface area contributed by atoms with Crippen LogP contribution in [0.3, 0.4) is 0 Å². The zero-order valence-electron chi connectivity index (χ0n) is 11.6. The van der Waals surface area contributed by atoms with Gasteiger partial charge in [0, 0.05) is 11.3 Å². The van der Waals surface area contributed by atoms with Crippen LogP contribution in [0.25, 0.3) is 5.57 Å². The number of aliphatic imine (C=N–C) groups is 1. The topological polar surface area (TPSA) is 12.4 Å². The molecule has 0 aromatic heterocycles. The smallest absolute Gasteiger partial charge is 0.0633 e. The van der Waals surface area contributed by atoms with Gasteiger partial charge in [-0.2, -0.15) is 0 Å². The Balaban J connectivity index is 2.42. The predicted octanol–water partition coefficient (Wildman–Crippen LogP) is 5.25. The molecule has 0 radical (unpaired) electrons. The lowest BCUT2D eigenvalue weighted by Gasteiger charge is -2.10. The number of nitrogens with zero attached hydrogens (tertiary/aromatic N) is 1. The highest BCUT2D eigenvalue weighted by Gasteiger charge is 2.06. The van der Waals surface area contributed by atoms with E-state index in [2.05, 4.69) is 43.6 Å². The molecule has 2 rings (SSSR count). The average Bonchev–Trinajstić information content (AvgIpc) is 2.47. The molecule has 2 aromatic carbocycles. The molecule has 0 heterocycles. The van der Waals surface area contributed by atoms with Crippen molar-refractivity contribution < 1.29 is 0 Å². The van der Waals surface area contributed by atoms with Gasteiger partial charge in [-0.05, 0) is 36.6 Å². The van der Waals surface area contributed by atoms with Crippen molar-refractivity contribution in [2.45, 2.75) is 20.3 Å². The normalized spacial score (nSPS) is 11.4. The Morgan fingerprint density at radius 2 is 1.53 bits per heavy atom. The number of para-hydroxylation sites is 1. The molecule has 0 aliphatic heterocycles. The SMILES string of the molecule is C=C(CC)c1ccccc1C(C)=Nc1ccccc1. The van der Waals surface area contributed by atoms with Gasteiger partial charge in [-0.25, -0.2) is 0 Å². The van der Waals surface area contributed by atoms with Gasteiger partial charge in [0.1, 0.15) is 0 Å². The summed E-state index contributed by atoms with van der Waals surface area (Å²) in [5.74, 6) is 0. The minimum Gasteiger partial charge on any atom is -0.253 e. The maximum Gasteiger partial charge on any atom is 0.0633 e. The van der Waals surface area contributed by atoms with E-state index in [-0.39, 0.29) is 0 Å². The van der Waals surface area contributed by atoms with Crippen molar-refractivity contribution in [3.05, 3.63) is 72.3 Å². The summed E-state index contributed by atoms with van der Waals surface area (Å²) in [6.45, 7) is 8.32. The Kier molecular flexibility index (Phi) is 4.30. The van der Waals surface area contributed by atoms with Gasteiger partial charge in [0.2, 0.25) is 0 Å². The first-order chi connectivity index (χ1) is 9.22. The van der Waals surface area contributed by atoms with Crippen LogP contribution in [0.4, 0.5) is 5.69 Å². The Hall–Kier alpha value is -2.15. The summed E-state index contributed by atoms with van der Waals surface area (Å²) in [5, 5.41) is 0. The zero-order valence-corrected chi connectivity index (χ0v) is 11.6. The fourth-order valence-electron chi connectivity index (χ4n) is 2.05. The van der Waals surface area contributed by atoms with Crippen LogP contribution >= 0.6 is 0 Å². The first kappa shape index (κ1) is 13.3. The van der Waals surface area contributed by atoms with E-state index in [1.807, 2.05) is 36.4 Å². The number of hydrogen-bond donors (Lipinski definition) is 0. The number of benzene rings is 2. The molecule has 0 aliphatic carbocycles. The molecule has 96 valence electrons. The number of rotatable bonds is 4. The lowest BCUT2D eigenvalue weighted by Crippen LogP contribution is -1.99. The molecule has 0 bridgehead atoms. The molecule has 19 heavy (non-hydrogen) atoms. The van der Waals surface area contributed by atoms with E-state index in [4.69, 9.17) is 0 Å². The molecule has 1 nitrogen and oxygen atoms in total. The van der Waals surface area contributed by atoms with Gasteiger partial charge in [-0.1, -0.05) is 56.0 Å². The summed E-state index contributed by atoms with van der Waals surface area (Å²) in [5.41, 5.74) is 5.52. The highest BCUT2D eigenvalue weighted by Crippen LogP contribution is 2.22. The van der Waals surface area contributed by atoms with Crippen LogP contribution in [0.15, 0.2) is 66.2 Å². The number of hydrogen-bond acceptors (Lipinski definition) is 1. The minimum absolute atomic E-state index is 0.954. The molecule has 0 saturated carbocycles. The second-order valence-corrected chi connectivity index (χ2v) is 4.54. The van der Waals surface area contributed by atoms with E-state index < -0.39 is 0 Å². The monoisotopic (exact) mass is 249 g/mol. The van der Waals surface area contributed by atoms with E-state index in [9.17, 15) is 0 Å². The molecule has 0 unspecified atom stereocenters. The lowest BCUT2D eigenvalue weighted by atomic mass is 9.96. The van der Waals surface area contributed by atoms with Gasteiger partial charge < -0.3 is 0 Å². The molecular formula is C18H19N. The third kappa shape index (κ3) is 3.19. The summed E-state index contributed by atoms with van der Waals surface area (Å²) in [4.78, 5) is 4.68. The van der Waals surface area contributed by atoms with Crippen LogP contribution in [0.5, 0.6) is 0 Å². The fraction of sp³-hybridized carbons (Fsp3) is 0.167. The summed E-state index contributed by atoms with van der Waals surface area (Å²) in [7, 11) is 0. The van der Waals surface area contributed by atoms with Gasteiger partial charge in [-0.15, -0.1) is 0 Å². The van der Waals surface area contributed by atoms with Crippen molar-refractivity contribution in [2.75, 3.05) is 0 Å². The van der Waals surface area contributed by atoms with Gasteiger partial charge in [0.05, 0.1) is 5.69 Å². The first-order valence-corrected chi connectivity index (χ1v) is 6.60. The fourth-order valence-corrected chi connectivity index (χ4v) is 2.05. The molecule has 1 heteroatoms. The van der Waals surface area contributed by atoms with E-state index in [1.54, 1.807) is 0 Å². The van der Waals surface area contributed by atoms with Crippen LogP contribution in [0, 0.1) is 0 Å². The second-order valence-electron chi connectivity index (χ2n) is 4.54. The Labute approximate surface area is 115 Å². The molecule has 0 saturated heterocycles. The summed E-state index contributed by atoms with van der Waals surface area (Å²) in [6, 6.07) is 18.4. The van der Waals surface area contributed by atoms with Crippen molar-refractivity contribution in [1.29, 1.82) is 0 Å². The van der Waals surface area contributed by atoms with Crippen molar-refractivity contribution in [3.63, 3.8) is 0 Å². The second kappa shape index (κ2) is 6.14. The summed E-state index contributed by atoms with van der Waals surface area (Å²) >= 11 is 0. The van der Waals surface area contributed by atoms with E-state index in [1.165, 1.54) is 11.1 Å². The minimum atomic E-state index is 0.954. The van der Waals surface area contributed by atoms with Crippen LogP contribution in [0.2, 0.25) is 0 Å². The van der Waals surface area contributed by atoms with Crippen LogP contribution in [0.1, 0.15) is 31.4 Å². The zero-order chi connectivity index (χ0) is 13.7. The van der Waals surface area contributed by atoms with Crippen molar-refractivity contribution in [1.82, 2.24) is 0 Å². The van der Waals surface area contributed by atoms with Gasteiger partial charge in [0.15, 0.2) is 0 Å². The molecule has 0 amide bonds. The van der Waals surface area contributed by atoms with E-state index >= 15 is 0 Å². The summed E-state index contributed by atoms with van der Waals surface area (Å²) < 4.78 is 0. The Bertz CT molecular complexity index is 594. The molecule has 0 fully saturated rings. The molecular weight excluding hydrogens is 230 g/mol. The van der Waals surface area contributed by atoms with Crippen LogP contribution in [-0.2, 0) is 0 Å². The maximum atomic E-state index is 4.68. The first-order valence-electron chi connectivity index (χ1n) is 6.60. The Morgan fingerprint density at radius 3 is 2.16 bits per heavy atom. The lowest BCUT2D eigenvalue weighted by molar-refractivity contribution is 1.24. The third-order valence-corrected chi connectivity index (χ3v) is 3.18. The molecule has 0 aliphatic rings. The maximum absolute atomic E-state index is 4.68. The van der Waals surface area contributed by atoms with Crippen LogP contribution < -0.4 is 0 Å². The molecule has 0 atom stereocenters. The van der Waals surface area contributed by atoms with Gasteiger partial charge >= 0.3 is 0 Å². The standard InChI is InChI=1S/C18H19N/c1-4-14(2)17-12-8-9-13-18(17)15(3)19-16-10-6-5-7-11-16/h5-13H,2,4H2,1,3H3. The Morgan fingerprint density at radius 1 is 0.947 bits per heavy atom. The quantitative estimate of drug-likeness (QED) is 0.656. The van der Waals surface area contributed by atoms with Crippen molar-refractivity contribution >= 4 is 17.0 Å². The predicted molar refractivity (Wildman–Crippen MR) is 84.1 cm³/mol. The van der Waals surface area contributed by atoms with Crippen molar-refractivity contribution in [2.24, 2.45) is 4.99 Å². The average molecular weight is 249 g/mol. The van der Waals surface area contributed by atoms with Gasteiger partial charge in [0.25, 0.3) is 0 Å². The summed E-state index contributed by atoms with van der Waals surface area (Å²) in [6.07, 6.45) is 0.954. The third-order valence-electron chi connectivity index (χ3n) is 3.18. The highest BCUT2D eigenvalue weighted by atomic mass is 14.7. The molecule has 2 aromatic rings. The van der Waals surface area contributed by atoms with E-state index in [0.29, 0.717) is 0 Å². The van der Waals surface area contributed by atoms with Crippen molar-refractivity contribution in [3.8, 4) is 0 Å².